The second kappa shape index (κ2) is 8.15. The first-order valence-electron chi connectivity index (χ1n) is 11.4. The van der Waals surface area contributed by atoms with E-state index in [2.05, 4.69) is 4.90 Å². The van der Waals surface area contributed by atoms with Crippen molar-refractivity contribution in [3.63, 3.8) is 0 Å². The number of halogens is 5. The van der Waals surface area contributed by atoms with Crippen LogP contribution in [0.25, 0.3) is 0 Å². The third kappa shape index (κ3) is 3.86. The molecule has 0 atom stereocenters. The summed E-state index contributed by atoms with van der Waals surface area (Å²) in [5.41, 5.74) is 0.413. The average molecular weight is 458 g/mol. The first-order chi connectivity index (χ1) is 15.2. The van der Waals surface area contributed by atoms with Crippen molar-refractivity contribution >= 4 is 5.91 Å². The van der Waals surface area contributed by atoms with Crippen molar-refractivity contribution in [2.24, 2.45) is 23.2 Å². The van der Waals surface area contributed by atoms with Crippen molar-refractivity contribution in [2.45, 2.75) is 38.5 Å². The second-order valence-corrected chi connectivity index (χ2v) is 10.3. The smallest absolute Gasteiger partial charge is 0.260 e. The van der Waals surface area contributed by atoms with Crippen molar-refractivity contribution in [3.8, 4) is 5.75 Å². The Bertz CT molecular complexity index is 852. The largest absolute Gasteiger partial charge is 0.477 e. The number of rotatable bonds is 5. The van der Waals surface area contributed by atoms with Gasteiger partial charge in [-0.1, -0.05) is 0 Å². The highest BCUT2D eigenvalue weighted by atomic mass is 19.2. The molecular formula is C23H27F5N2O2. The molecule has 176 valence electrons. The predicted molar refractivity (Wildman–Crippen MR) is 105 cm³/mol. The van der Waals surface area contributed by atoms with Crippen LogP contribution in [-0.4, -0.2) is 55.0 Å². The molecule has 1 saturated heterocycles. The number of amides is 1. The monoisotopic (exact) mass is 458 g/mol. The van der Waals surface area contributed by atoms with Crippen LogP contribution in [0.2, 0.25) is 0 Å². The number of hydrogen-bond acceptors (Lipinski definition) is 3. The van der Waals surface area contributed by atoms with Crippen molar-refractivity contribution in [2.75, 3.05) is 39.3 Å². The second-order valence-electron chi connectivity index (χ2n) is 10.3. The van der Waals surface area contributed by atoms with E-state index in [1.807, 2.05) is 0 Å². The summed E-state index contributed by atoms with van der Waals surface area (Å²) in [6.45, 7) is 2.58. The summed E-state index contributed by atoms with van der Waals surface area (Å²) in [5.74, 6) is -9.92. The van der Waals surface area contributed by atoms with Gasteiger partial charge in [-0.15, -0.1) is 0 Å². The van der Waals surface area contributed by atoms with Crippen molar-refractivity contribution in [3.05, 3.63) is 29.1 Å². The number of carbonyl (C=O) groups is 1. The van der Waals surface area contributed by atoms with E-state index >= 15 is 0 Å². The Labute approximate surface area is 183 Å². The van der Waals surface area contributed by atoms with Crippen LogP contribution in [0, 0.1) is 52.3 Å². The van der Waals surface area contributed by atoms with E-state index in [0.717, 1.165) is 24.3 Å². The van der Waals surface area contributed by atoms with Gasteiger partial charge in [0.05, 0.1) is 0 Å². The number of hydrogen-bond donors (Lipinski definition) is 0. The van der Waals surface area contributed by atoms with Crippen LogP contribution < -0.4 is 4.74 Å². The van der Waals surface area contributed by atoms with Crippen molar-refractivity contribution in [1.82, 2.24) is 9.80 Å². The lowest BCUT2D eigenvalue weighted by molar-refractivity contribution is -0.136. The van der Waals surface area contributed by atoms with Gasteiger partial charge >= 0.3 is 0 Å². The molecule has 4 nitrogen and oxygen atoms in total. The van der Waals surface area contributed by atoms with Crippen LogP contribution >= 0.6 is 0 Å². The van der Waals surface area contributed by atoms with Crippen LogP contribution in [0.3, 0.4) is 0 Å². The molecule has 9 heteroatoms. The molecule has 0 unspecified atom stereocenters. The van der Waals surface area contributed by atoms with Gasteiger partial charge in [0.1, 0.15) is 0 Å². The van der Waals surface area contributed by atoms with Crippen LogP contribution in [0.1, 0.15) is 38.5 Å². The van der Waals surface area contributed by atoms with E-state index in [0.29, 0.717) is 31.6 Å². The molecule has 0 spiro atoms. The van der Waals surface area contributed by atoms with E-state index in [-0.39, 0.29) is 0 Å². The first kappa shape index (κ1) is 21.9. The maximum Gasteiger partial charge on any atom is 0.260 e. The minimum absolute atomic E-state index is 0.413. The zero-order chi connectivity index (χ0) is 22.6. The van der Waals surface area contributed by atoms with E-state index in [9.17, 15) is 26.7 Å². The Morgan fingerprint density at radius 2 is 1.25 bits per heavy atom. The van der Waals surface area contributed by atoms with Crippen molar-refractivity contribution < 1.29 is 31.5 Å². The maximum atomic E-state index is 13.7. The predicted octanol–water partition coefficient (Wildman–Crippen LogP) is 4.12. The summed E-state index contributed by atoms with van der Waals surface area (Å²) in [5, 5.41) is 0. The normalized spacial score (nSPS) is 31.9. The fraction of sp³-hybridized carbons (Fsp3) is 0.696. The van der Waals surface area contributed by atoms with Gasteiger partial charge in [0.2, 0.25) is 29.1 Å². The fourth-order valence-corrected chi connectivity index (χ4v) is 7.05. The van der Waals surface area contributed by atoms with Gasteiger partial charge in [-0.3, -0.25) is 9.69 Å². The molecule has 4 aliphatic carbocycles. The summed E-state index contributed by atoms with van der Waals surface area (Å²) < 4.78 is 71.9. The van der Waals surface area contributed by atoms with E-state index in [1.165, 1.54) is 43.4 Å². The summed E-state index contributed by atoms with van der Waals surface area (Å²) >= 11 is 0. The highest BCUT2D eigenvalue weighted by molar-refractivity contribution is 5.77. The minimum Gasteiger partial charge on any atom is -0.477 e. The van der Waals surface area contributed by atoms with E-state index < -0.39 is 47.3 Å². The molecule has 5 aliphatic rings. The van der Waals surface area contributed by atoms with Crippen LogP contribution in [0.15, 0.2) is 0 Å². The number of piperazine rings is 1. The summed E-state index contributed by atoms with van der Waals surface area (Å²) in [6.07, 6.45) is 8.12. The lowest BCUT2D eigenvalue weighted by Crippen LogP contribution is -2.55. The lowest BCUT2D eigenvalue weighted by atomic mass is 9.49. The van der Waals surface area contributed by atoms with Crippen LogP contribution in [-0.2, 0) is 4.79 Å². The molecule has 4 saturated carbocycles. The molecule has 1 amide bonds. The standard InChI is InChI=1S/C23H27F5N2O2/c24-17-18(25)20(27)22(21(28)19(17)26)32-11-16(31)30-3-1-29(2-4-30)12-23-8-13-5-14(9-23)7-15(6-13)10-23/h13-15H,1-12H2. The summed E-state index contributed by atoms with van der Waals surface area (Å²) in [6, 6.07) is 0. The Hall–Kier alpha value is -1.90. The van der Waals surface area contributed by atoms with Crippen LogP contribution in [0.4, 0.5) is 22.0 Å². The minimum atomic E-state index is -2.26. The summed E-state index contributed by atoms with van der Waals surface area (Å²) in [4.78, 5) is 16.3. The molecule has 0 aromatic heterocycles. The third-order valence-corrected chi connectivity index (χ3v) is 7.96. The highest BCUT2D eigenvalue weighted by Gasteiger charge is 2.51. The molecule has 0 N–H and O–H groups in total. The van der Waals surface area contributed by atoms with Gasteiger partial charge in [-0.05, 0) is 61.7 Å². The Morgan fingerprint density at radius 3 is 1.75 bits per heavy atom. The molecule has 6 rings (SSSR count). The molecule has 1 aliphatic heterocycles. The third-order valence-electron chi connectivity index (χ3n) is 7.96. The van der Waals surface area contributed by atoms with Gasteiger partial charge in [0.25, 0.3) is 5.91 Å². The number of benzene rings is 1. The van der Waals surface area contributed by atoms with Crippen LogP contribution in [0.5, 0.6) is 5.75 Å². The lowest BCUT2D eigenvalue weighted by Gasteiger charge is -2.58. The maximum absolute atomic E-state index is 13.7. The fourth-order valence-electron chi connectivity index (χ4n) is 7.05. The quantitative estimate of drug-likeness (QED) is 0.378. The molecule has 5 fully saturated rings. The van der Waals surface area contributed by atoms with Gasteiger partial charge in [-0.25, -0.2) is 13.2 Å². The zero-order valence-electron chi connectivity index (χ0n) is 17.8. The Balaban J connectivity index is 1.14. The Kier molecular flexibility index (Phi) is 5.58. The van der Waals surface area contributed by atoms with Gasteiger partial charge in [0, 0.05) is 32.7 Å². The Morgan fingerprint density at radius 1 is 0.781 bits per heavy atom. The van der Waals surface area contributed by atoms with E-state index in [4.69, 9.17) is 4.74 Å². The van der Waals surface area contributed by atoms with Gasteiger partial charge in [-0.2, -0.15) is 8.78 Å². The average Bonchev–Trinajstić information content (AvgIpc) is 2.75. The number of carbonyl (C=O) groups excluding carboxylic acids is 1. The molecular weight excluding hydrogens is 431 g/mol. The molecule has 1 heterocycles. The summed E-state index contributed by atoms with van der Waals surface area (Å²) in [7, 11) is 0. The molecule has 0 radical (unpaired) electrons. The zero-order valence-corrected chi connectivity index (χ0v) is 17.8. The first-order valence-corrected chi connectivity index (χ1v) is 11.4. The number of ether oxygens (including phenoxy) is 1. The van der Waals surface area contributed by atoms with Gasteiger partial charge < -0.3 is 9.64 Å². The van der Waals surface area contributed by atoms with Crippen molar-refractivity contribution in [1.29, 1.82) is 0 Å². The number of nitrogens with zero attached hydrogens (tertiary/aromatic N) is 2. The molecule has 1 aromatic carbocycles. The highest BCUT2D eigenvalue weighted by Crippen LogP contribution is 2.60. The SMILES string of the molecule is O=C(COc1c(F)c(F)c(F)c(F)c1F)N1CCN(CC23CC4CC(CC(C4)C2)C3)CC1. The molecule has 1 aromatic rings. The van der Waals surface area contributed by atoms with E-state index in [1.54, 1.807) is 0 Å². The topological polar surface area (TPSA) is 32.8 Å². The molecule has 32 heavy (non-hydrogen) atoms. The molecule has 4 bridgehead atoms. The van der Waals surface area contributed by atoms with Gasteiger partial charge in [0.15, 0.2) is 12.4 Å².